The first-order valence-corrected chi connectivity index (χ1v) is 12.4. The van der Waals surface area contributed by atoms with Crippen molar-refractivity contribution in [3.05, 3.63) is 82.6 Å². The number of aryl methyl sites for hydroxylation is 1. The molecule has 0 saturated heterocycles. The predicted molar refractivity (Wildman–Crippen MR) is 131 cm³/mol. The number of nitrogens with zero attached hydrogens (tertiary/aromatic N) is 2. The quantitative estimate of drug-likeness (QED) is 0.517. The van der Waals surface area contributed by atoms with Crippen LogP contribution in [-0.2, 0) is 17.8 Å². The smallest absolute Gasteiger partial charge is 0.273 e. The number of nitrogens with one attached hydrogen (secondary N) is 1. The van der Waals surface area contributed by atoms with Crippen molar-refractivity contribution in [2.24, 2.45) is 5.92 Å². The number of hydrogen-bond acceptors (Lipinski definition) is 5. The van der Waals surface area contributed by atoms with Crippen LogP contribution in [0, 0.1) is 12.8 Å². The Bertz CT molecular complexity index is 1210. The molecule has 5 rings (SSSR count). The molecular weight excluding hydrogens is 442 g/mol. The Balaban J connectivity index is 1.37. The molecule has 1 unspecified atom stereocenters. The lowest BCUT2D eigenvalue weighted by Crippen LogP contribution is -2.41. The molecule has 1 fully saturated rings. The fourth-order valence-electron chi connectivity index (χ4n) is 4.55. The number of rotatable bonds is 8. The van der Waals surface area contributed by atoms with E-state index in [9.17, 15) is 9.59 Å². The van der Waals surface area contributed by atoms with Gasteiger partial charge in [-0.15, -0.1) is 0 Å². The van der Waals surface area contributed by atoms with E-state index in [1.54, 1.807) is 0 Å². The van der Waals surface area contributed by atoms with E-state index < -0.39 is 0 Å². The second kappa shape index (κ2) is 9.94. The summed E-state index contributed by atoms with van der Waals surface area (Å²) in [5, 5.41) is 2.78. The predicted octanol–water partition coefficient (Wildman–Crippen LogP) is 4.59. The maximum absolute atomic E-state index is 13.2. The Hall–Kier alpha value is -3.61. The molecule has 0 radical (unpaired) electrons. The summed E-state index contributed by atoms with van der Waals surface area (Å²) in [5.74, 6) is 1.18. The van der Waals surface area contributed by atoms with Crippen molar-refractivity contribution in [3.8, 4) is 5.75 Å². The summed E-state index contributed by atoms with van der Waals surface area (Å²) in [7, 11) is 0. The van der Waals surface area contributed by atoms with Crippen LogP contribution in [0.25, 0.3) is 0 Å². The number of amides is 2. The van der Waals surface area contributed by atoms with E-state index in [2.05, 4.69) is 47.6 Å². The molecule has 1 aromatic heterocycles. The van der Waals surface area contributed by atoms with Gasteiger partial charge in [0.1, 0.15) is 12.0 Å². The number of benzene rings is 2. The topological polar surface area (TPSA) is 84.7 Å². The number of oxazole rings is 1. The van der Waals surface area contributed by atoms with Crippen LogP contribution < -0.4 is 10.1 Å². The van der Waals surface area contributed by atoms with Crippen LogP contribution in [0.1, 0.15) is 70.9 Å². The van der Waals surface area contributed by atoms with Gasteiger partial charge in [0, 0.05) is 19.0 Å². The lowest BCUT2D eigenvalue weighted by atomic mass is 9.87. The minimum atomic E-state index is -0.253. The largest absolute Gasteiger partial charge is 0.484 e. The molecule has 182 valence electrons. The minimum Gasteiger partial charge on any atom is -0.484 e. The highest BCUT2D eigenvalue weighted by Crippen LogP contribution is 2.41. The molecule has 7 nitrogen and oxygen atoms in total. The molecule has 1 saturated carbocycles. The average molecular weight is 474 g/mol. The summed E-state index contributed by atoms with van der Waals surface area (Å²) in [4.78, 5) is 31.5. The maximum Gasteiger partial charge on any atom is 0.273 e. The zero-order valence-corrected chi connectivity index (χ0v) is 20.3. The van der Waals surface area contributed by atoms with Gasteiger partial charge >= 0.3 is 0 Å². The summed E-state index contributed by atoms with van der Waals surface area (Å²) >= 11 is 0. The number of carbonyl (C=O) groups is 2. The van der Waals surface area contributed by atoms with Crippen LogP contribution in [-0.4, -0.2) is 34.8 Å². The molecule has 1 atom stereocenters. The highest BCUT2D eigenvalue weighted by molar-refractivity contribution is 5.91. The molecule has 1 N–H and O–H groups in total. The van der Waals surface area contributed by atoms with Crippen molar-refractivity contribution in [3.63, 3.8) is 0 Å². The molecular formula is C28H31N3O4. The first-order valence-electron chi connectivity index (χ1n) is 12.4. The van der Waals surface area contributed by atoms with E-state index in [0.29, 0.717) is 18.2 Å². The van der Waals surface area contributed by atoms with Gasteiger partial charge in [-0.2, -0.15) is 0 Å². The number of aromatic nitrogens is 1. The SMILES string of the molecule is CCCNC(=O)c1coc(COc2ccc3c(c2)C(c2ccc(C)cc2)N(C(=O)C2CC2)CC3)n1. The summed E-state index contributed by atoms with van der Waals surface area (Å²) in [5.41, 5.74) is 4.87. The first kappa shape index (κ1) is 23.1. The molecule has 0 spiro atoms. The lowest BCUT2D eigenvalue weighted by molar-refractivity contribution is -0.134. The summed E-state index contributed by atoms with van der Waals surface area (Å²) < 4.78 is 11.4. The van der Waals surface area contributed by atoms with Gasteiger partial charge in [-0.05, 0) is 61.4 Å². The normalized spacial score (nSPS) is 17.1. The van der Waals surface area contributed by atoms with Gasteiger partial charge in [-0.25, -0.2) is 4.98 Å². The maximum atomic E-state index is 13.2. The van der Waals surface area contributed by atoms with Crippen LogP contribution in [0.5, 0.6) is 5.75 Å². The van der Waals surface area contributed by atoms with Crippen LogP contribution >= 0.6 is 0 Å². The zero-order valence-electron chi connectivity index (χ0n) is 20.3. The first-order chi connectivity index (χ1) is 17.0. The fourth-order valence-corrected chi connectivity index (χ4v) is 4.55. The molecule has 0 bridgehead atoms. The molecule has 2 amide bonds. The third-order valence-electron chi connectivity index (χ3n) is 6.63. The van der Waals surface area contributed by atoms with Crippen molar-refractivity contribution in [1.29, 1.82) is 0 Å². The highest BCUT2D eigenvalue weighted by Gasteiger charge is 2.39. The number of carbonyl (C=O) groups excluding carboxylic acids is 2. The Labute approximate surface area is 205 Å². The minimum absolute atomic E-state index is 0.111. The molecule has 35 heavy (non-hydrogen) atoms. The van der Waals surface area contributed by atoms with Gasteiger partial charge < -0.3 is 19.4 Å². The van der Waals surface area contributed by atoms with Crippen LogP contribution in [0.2, 0.25) is 0 Å². The van der Waals surface area contributed by atoms with Gasteiger partial charge in [0.2, 0.25) is 11.8 Å². The molecule has 7 heteroatoms. The van der Waals surface area contributed by atoms with Crippen molar-refractivity contribution < 1.29 is 18.7 Å². The van der Waals surface area contributed by atoms with Gasteiger partial charge in [-0.1, -0.05) is 42.8 Å². The van der Waals surface area contributed by atoms with Crippen molar-refractivity contribution in [1.82, 2.24) is 15.2 Å². The Morgan fingerprint density at radius 3 is 2.71 bits per heavy atom. The summed E-state index contributed by atoms with van der Waals surface area (Å²) in [6.45, 7) is 5.49. The third-order valence-corrected chi connectivity index (χ3v) is 6.63. The highest BCUT2D eigenvalue weighted by atomic mass is 16.5. The second-order valence-corrected chi connectivity index (χ2v) is 9.40. The number of hydrogen-bond donors (Lipinski definition) is 1. The van der Waals surface area contributed by atoms with E-state index in [1.807, 2.05) is 24.0 Å². The van der Waals surface area contributed by atoms with E-state index >= 15 is 0 Å². The molecule has 1 aliphatic carbocycles. The van der Waals surface area contributed by atoms with E-state index in [4.69, 9.17) is 9.15 Å². The van der Waals surface area contributed by atoms with Gasteiger partial charge in [0.05, 0.1) is 6.04 Å². The van der Waals surface area contributed by atoms with E-state index in [-0.39, 0.29) is 36.1 Å². The van der Waals surface area contributed by atoms with E-state index in [0.717, 1.165) is 43.4 Å². The van der Waals surface area contributed by atoms with Crippen LogP contribution in [0.3, 0.4) is 0 Å². The Kier molecular flexibility index (Phi) is 6.57. The average Bonchev–Trinajstić information content (AvgIpc) is 3.62. The standard InChI is InChI=1S/C28H31N3O4/c1-3-13-29-27(32)24-16-35-25(30-24)17-34-22-11-10-19-12-14-31(28(33)21-8-9-21)26(23(19)15-22)20-6-4-18(2)5-7-20/h4-7,10-11,15-16,21,26H,3,8-9,12-14,17H2,1-2H3,(H,29,32). The molecule has 2 aliphatic rings. The van der Waals surface area contributed by atoms with Crippen LogP contribution in [0.15, 0.2) is 53.1 Å². The Morgan fingerprint density at radius 1 is 1.17 bits per heavy atom. The third kappa shape index (κ3) is 5.09. The van der Waals surface area contributed by atoms with Crippen LogP contribution in [0.4, 0.5) is 0 Å². The zero-order chi connectivity index (χ0) is 24.4. The van der Waals surface area contributed by atoms with Gasteiger partial charge in [0.25, 0.3) is 5.91 Å². The summed E-state index contributed by atoms with van der Waals surface area (Å²) in [6.07, 6.45) is 5.00. The lowest BCUT2D eigenvalue weighted by Gasteiger charge is -2.38. The monoisotopic (exact) mass is 473 g/mol. The molecule has 3 aromatic rings. The van der Waals surface area contributed by atoms with Gasteiger partial charge in [0.15, 0.2) is 12.3 Å². The van der Waals surface area contributed by atoms with Crippen molar-refractivity contribution >= 4 is 11.8 Å². The molecule has 1 aliphatic heterocycles. The van der Waals surface area contributed by atoms with Crippen molar-refractivity contribution in [2.75, 3.05) is 13.1 Å². The number of fused-ring (bicyclic) bond motifs is 1. The van der Waals surface area contributed by atoms with Gasteiger partial charge in [-0.3, -0.25) is 9.59 Å². The number of ether oxygens (including phenoxy) is 1. The van der Waals surface area contributed by atoms with Crippen molar-refractivity contribution in [2.45, 2.75) is 52.2 Å². The molecule has 2 aromatic carbocycles. The molecule has 2 heterocycles. The summed E-state index contributed by atoms with van der Waals surface area (Å²) in [6, 6.07) is 14.4. The Morgan fingerprint density at radius 2 is 1.97 bits per heavy atom. The van der Waals surface area contributed by atoms with E-state index in [1.165, 1.54) is 17.4 Å². The fraction of sp³-hybridized carbons (Fsp3) is 0.393. The second-order valence-electron chi connectivity index (χ2n) is 9.40.